The predicted molar refractivity (Wildman–Crippen MR) is 136 cm³/mol. The molecule has 0 rings (SSSR count). The maximum atomic E-state index is 13.1. The van der Waals surface area contributed by atoms with E-state index in [9.17, 15) is 14.4 Å². The normalized spacial score (nSPS) is 11.9. The highest BCUT2D eigenvalue weighted by atomic mass is 16.5. The molecule has 0 aliphatic rings. The van der Waals surface area contributed by atoms with Crippen molar-refractivity contribution in [1.82, 2.24) is 4.90 Å². The van der Waals surface area contributed by atoms with Crippen LogP contribution >= 0.6 is 0 Å². The Bertz CT molecular complexity index is 510. The van der Waals surface area contributed by atoms with E-state index in [4.69, 9.17) is 10.5 Å². The number of nitrogens with two attached hydrogens (primary N) is 1. The minimum absolute atomic E-state index is 0.236. The van der Waals surface area contributed by atoms with Crippen molar-refractivity contribution in [2.75, 3.05) is 13.7 Å². The summed E-state index contributed by atoms with van der Waals surface area (Å²) in [6.45, 7) is 4.90. The van der Waals surface area contributed by atoms with Crippen molar-refractivity contribution in [3.8, 4) is 0 Å². The van der Waals surface area contributed by atoms with E-state index in [0.717, 1.165) is 57.8 Å². The number of ether oxygens (including phenoxy) is 1. The number of hydrogen-bond donors (Lipinski definition) is 1. The number of hydrogen-bond acceptors (Lipinski definition) is 5. The SMILES string of the molecule is CCCCCCCCCCCC(=O)N(C(=O)CCCCCCC)[C@@H](CCCCN)C(=O)OC. The van der Waals surface area contributed by atoms with Crippen LogP contribution in [0.1, 0.15) is 136 Å². The smallest absolute Gasteiger partial charge is 0.329 e. The van der Waals surface area contributed by atoms with Crippen molar-refractivity contribution >= 4 is 17.8 Å². The van der Waals surface area contributed by atoms with E-state index in [1.165, 1.54) is 50.5 Å². The lowest BCUT2D eigenvalue weighted by atomic mass is 10.0. The summed E-state index contributed by atoms with van der Waals surface area (Å²) in [5.74, 6) is -0.984. The lowest BCUT2D eigenvalue weighted by Gasteiger charge is -2.28. The van der Waals surface area contributed by atoms with E-state index in [0.29, 0.717) is 32.2 Å². The number of rotatable bonds is 22. The van der Waals surface area contributed by atoms with Gasteiger partial charge in [0.15, 0.2) is 0 Å². The molecule has 2 N–H and O–H groups in total. The first kappa shape index (κ1) is 31.6. The summed E-state index contributed by atoms with van der Waals surface area (Å²) in [6, 6.07) is -0.837. The Morgan fingerprint density at radius 2 is 1.09 bits per heavy atom. The molecule has 0 bridgehead atoms. The van der Waals surface area contributed by atoms with Crippen LogP contribution in [-0.2, 0) is 19.1 Å². The molecule has 1 atom stereocenters. The summed E-state index contributed by atoms with van der Waals surface area (Å²) in [6.07, 6.45) is 18.0. The molecular weight excluding hydrogens is 416 g/mol. The van der Waals surface area contributed by atoms with Crippen LogP contribution in [-0.4, -0.2) is 42.4 Å². The van der Waals surface area contributed by atoms with Gasteiger partial charge in [-0.05, 0) is 38.6 Å². The quantitative estimate of drug-likeness (QED) is 0.149. The van der Waals surface area contributed by atoms with Crippen molar-refractivity contribution in [3.05, 3.63) is 0 Å². The Labute approximate surface area is 203 Å². The van der Waals surface area contributed by atoms with Crippen LogP contribution in [0.25, 0.3) is 0 Å². The Balaban J connectivity index is 4.83. The second-order valence-corrected chi connectivity index (χ2v) is 9.22. The van der Waals surface area contributed by atoms with E-state index in [1.54, 1.807) is 0 Å². The van der Waals surface area contributed by atoms with Gasteiger partial charge in [-0.3, -0.25) is 14.5 Å². The summed E-state index contributed by atoms with van der Waals surface area (Å²) < 4.78 is 4.96. The van der Waals surface area contributed by atoms with Crippen LogP contribution in [0.2, 0.25) is 0 Å². The fourth-order valence-electron chi connectivity index (χ4n) is 4.16. The molecule has 194 valence electrons. The van der Waals surface area contributed by atoms with Crippen LogP contribution < -0.4 is 5.73 Å². The van der Waals surface area contributed by atoms with Gasteiger partial charge in [-0.2, -0.15) is 0 Å². The number of amides is 2. The molecule has 33 heavy (non-hydrogen) atoms. The first-order chi connectivity index (χ1) is 16.0. The molecule has 0 aromatic carbocycles. The van der Waals surface area contributed by atoms with Crippen LogP contribution in [0.15, 0.2) is 0 Å². The fourth-order valence-corrected chi connectivity index (χ4v) is 4.16. The van der Waals surface area contributed by atoms with E-state index in [2.05, 4.69) is 13.8 Å². The van der Waals surface area contributed by atoms with E-state index >= 15 is 0 Å². The van der Waals surface area contributed by atoms with Crippen molar-refractivity contribution in [2.45, 2.75) is 142 Å². The van der Waals surface area contributed by atoms with Crippen LogP contribution in [0.4, 0.5) is 0 Å². The van der Waals surface area contributed by atoms with Crippen LogP contribution in [0.5, 0.6) is 0 Å². The molecule has 6 nitrogen and oxygen atoms in total. The standard InChI is InChI=1S/C27H52N2O4/c1-4-6-8-10-11-12-13-15-17-22-26(31)29(25(30)21-16-14-9-7-5-2)24(27(32)33-3)20-18-19-23-28/h24H,4-23,28H2,1-3H3/t24-/m0/s1. The fraction of sp³-hybridized carbons (Fsp3) is 0.889. The minimum Gasteiger partial charge on any atom is -0.467 e. The largest absolute Gasteiger partial charge is 0.467 e. The van der Waals surface area contributed by atoms with Crippen molar-refractivity contribution in [3.63, 3.8) is 0 Å². The number of carbonyl (C=O) groups is 3. The first-order valence-electron chi connectivity index (χ1n) is 13.7. The van der Waals surface area contributed by atoms with Gasteiger partial charge in [-0.25, -0.2) is 4.79 Å². The monoisotopic (exact) mass is 468 g/mol. The van der Waals surface area contributed by atoms with Gasteiger partial charge in [0.25, 0.3) is 0 Å². The summed E-state index contributed by atoms with van der Waals surface area (Å²) >= 11 is 0. The third kappa shape index (κ3) is 15.9. The van der Waals surface area contributed by atoms with Gasteiger partial charge in [-0.15, -0.1) is 0 Å². The highest BCUT2D eigenvalue weighted by Gasteiger charge is 2.34. The molecule has 0 saturated heterocycles. The molecular formula is C27H52N2O4. The summed E-state index contributed by atoms with van der Waals surface area (Å²) in [5.41, 5.74) is 5.60. The molecule has 0 unspecified atom stereocenters. The molecule has 6 heteroatoms. The van der Waals surface area contributed by atoms with Crippen LogP contribution in [0.3, 0.4) is 0 Å². The van der Waals surface area contributed by atoms with Gasteiger partial charge >= 0.3 is 5.97 Å². The van der Waals surface area contributed by atoms with Gasteiger partial charge in [0.2, 0.25) is 11.8 Å². The lowest BCUT2D eigenvalue weighted by Crippen LogP contribution is -2.49. The Kier molecular flexibility index (Phi) is 21.4. The number of methoxy groups -OCH3 is 1. The van der Waals surface area contributed by atoms with Gasteiger partial charge < -0.3 is 10.5 Å². The van der Waals surface area contributed by atoms with Crippen molar-refractivity contribution in [1.29, 1.82) is 0 Å². The zero-order valence-corrected chi connectivity index (χ0v) is 21.9. The molecule has 2 amide bonds. The highest BCUT2D eigenvalue weighted by Crippen LogP contribution is 2.18. The van der Waals surface area contributed by atoms with Gasteiger partial charge in [-0.1, -0.05) is 90.9 Å². The maximum absolute atomic E-state index is 13.1. The number of esters is 1. The highest BCUT2D eigenvalue weighted by molar-refractivity contribution is 5.99. The molecule has 0 aromatic heterocycles. The molecule has 0 fully saturated rings. The van der Waals surface area contributed by atoms with Crippen molar-refractivity contribution < 1.29 is 19.1 Å². The molecule has 0 aromatic rings. The van der Waals surface area contributed by atoms with Gasteiger partial charge in [0, 0.05) is 12.8 Å². The lowest BCUT2D eigenvalue weighted by molar-refractivity contribution is -0.160. The zero-order valence-electron chi connectivity index (χ0n) is 21.9. The Morgan fingerprint density at radius 1 is 0.667 bits per heavy atom. The Morgan fingerprint density at radius 3 is 1.48 bits per heavy atom. The first-order valence-corrected chi connectivity index (χ1v) is 13.7. The van der Waals surface area contributed by atoms with E-state index in [-0.39, 0.29) is 11.8 Å². The topological polar surface area (TPSA) is 89.7 Å². The van der Waals surface area contributed by atoms with E-state index < -0.39 is 12.0 Å². The average molecular weight is 469 g/mol. The molecule has 0 saturated carbocycles. The zero-order chi connectivity index (χ0) is 24.7. The molecule has 0 spiro atoms. The summed E-state index contributed by atoms with van der Waals surface area (Å²) in [5, 5.41) is 0. The molecule has 0 aliphatic carbocycles. The van der Waals surface area contributed by atoms with Gasteiger partial charge in [0.05, 0.1) is 7.11 Å². The maximum Gasteiger partial charge on any atom is 0.329 e. The molecule has 0 radical (unpaired) electrons. The van der Waals surface area contributed by atoms with Gasteiger partial charge in [0.1, 0.15) is 6.04 Å². The van der Waals surface area contributed by atoms with Crippen LogP contribution in [0, 0.1) is 0 Å². The molecule has 0 aliphatic heterocycles. The van der Waals surface area contributed by atoms with Crippen molar-refractivity contribution in [2.24, 2.45) is 5.73 Å². The minimum atomic E-state index is -0.837. The number of nitrogens with zero attached hydrogens (tertiary/aromatic N) is 1. The number of imide groups is 1. The second-order valence-electron chi connectivity index (χ2n) is 9.22. The summed E-state index contributed by atoms with van der Waals surface area (Å²) in [4.78, 5) is 39.9. The third-order valence-electron chi connectivity index (χ3n) is 6.24. The molecule has 0 heterocycles. The predicted octanol–water partition coefficient (Wildman–Crippen LogP) is 6.29. The second kappa shape index (κ2) is 22.4. The third-order valence-corrected chi connectivity index (χ3v) is 6.24. The van der Waals surface area contributed by atoms with E-state index in [1.807, 2.05) is 0 Å². The average Bonchev–Trinajstić information content (AvgIpc) is 2.81. The number of unbranched alkanes of at least 4 members (excludes halogenated alkanes) is 13. The number of carbonyl (C=O) groups excluding carboxylic acids is 3. The Hall–Kier alpha value is -1.43. The summed E-state index contributed by atoms with van der Waals surface area (Å²) in [7, 11) is 1.32.